The van der Waals surface area contributed by atoms with E-state index in [1.165, 1.54) is 33.5 Å². The lowest BCUT2D eigenvalue weighted by atomic mass is 9.87. The van der Waals surface area contributed by atoms with Crippen molar-refractivity contribution >= 4 is 5.91 Å². The molecular formula is C20H24FNO4. The minimum Gasteiger partial charge on any atom is -0.493 e. The predicted octanol–water partition coefficient (Wildman–Crippen LogP) is 3.69. The van der Waals surface area contributed by atoms with Crippen LogP contribution in [0.4, 0.5) is 4.39 Å². The molecule has 2 aromatic rings. The maximum Gasteiger partial charge on any atom is 0.249 e. The Bertz CT molecular complexity index is 774. The van der Waals surface area contributed by atoms with Gasteiger partial charge in [0, 0.05) is 11.1 Å². The second kappa shape index (κ2) is 8.56. The van der Waals surface area contributed by atoms with Crippen LogP contribution in [0.5, 0.6) is 17.2 Å². The van der Waals surface area contributed by atoms with Crippen molar-refractivity contribution in [1.82, 2.24) is 0 Å². The first-order chi connectivity index (χ1) is 12.5. The largest absolute Gasteiger partial charge is 0.493 e. The third kappa shape index (κ3) is 3.90. The Morgan fingerprint density at radius 1 is 1.08 bits per heavy atom. The van der Waals surface area contributed by atoms with E-state index in [9.17, 15) is 9.18 Å². The number of ether oxygens (including phenoxy) is 3. The third-order valence-corrected chi connectivity index (χ3v) is 4.48. The zero-order chi connectivity index (χ0) is 19.3. The fourth-order valence-electron chi connectivity index (χ4n) is 3.12. The molecule has 1 atom stereocenters. The molecule has 0 bridgehead atoms. The van der Waals surface area contributed by atoms with Crippen LogP contribution in [0.2, 0.25) is 0 Å². The molecule has 5 nitrogen and oxygen atoms in total. The molecule has 0 aromatic heterocycles. The van der Waals surface area contributed by atoms with Crippen molar-refractivity contribution in [2.45, 2.75) is 25.7 Å². The van der Waals surface area contributed by atoms with Crippen LogP contribution in [-0.4, -0.2) is 27.2 Å². The molecule has 2 aromatic carbocycles. The summed E-state index contributed by atoms with van der Waals surface area (Å²) in [5.41, 5.74) is 7.53. The molecule has 0 aliphatic heterocycles. The van der Waals surface area contributed by atoms with E-state index in [1.54, 1.807) is 18.2 Å². The number of amides is 1. The molecule has 1 amide bonds. The summed E-state index contributed by atoms with van der Waals surface area (Å²) < 4.78 is 29.5. The van der Waals surface area contributed by atoms with Crippen LogP contribution >= 0.6 is 0 Å². The van der Waals surface area contributed by atoms with Crippen LogP contribution in [0.15, 0.2) is 30.3 Å². The Balaban J connectivity index is 2.58. The van der Waals surface area contributed by atoms with Gasteiger partial charge in [0.05, 0.1) is 21.3 Å². The summed E-state index contributed by atoms with van der Waals surface area (Å²) in [5.74, 6) is 0.390. The maximum atomic E-state index is 13.2. The molecular weight excluding hydrogens is 337 g/mol. The molecule has 6 heteroatoms. The number of halogens is 1. The monoisotopic (exact) mass is 361 g/mol. The number of rotatable bonds is 8. The topological polar surface area (TPSA) is 70.8 Å². The highest BCUT2D eigenvalue weighted by Gasteiger charge is 2.25. The van der Waals surface area contributed by atoms with Gasteiger partial charge in [-0.05, 0) is 42.5 Å². The average molecular weight is 361 g/mol. The summed E-state index contributed by atoms with van der Waals surface area (Å²) in [5, 5.41) is 0. The molecule has 0 aliphatic carbocycles. The van der Waals surface area contributed by atoms with E-state index in [4.69, 9.17) is 19.9 Å². The van der Waals surface area contributed by atoms with Gasteiger partial charge in [-0.25, -0.2) is 4.39 Å². The van der Waals surface area contributed by atoms with Crippen LogP contribution in [0.3, 0.4) is 0 Å². The summed E-state index contributed by atoms with van der Waals surface area (Å²) in [6, 6.07) is 7.93. The van der Waals surface area contributed by atoms with Crippen LogP contribution in [0.1, 0.15) is 40.7 Å². The van der Waals surface area contributed by atoms with Gasteiger partial charge in [-0.15, -0.1) is 0 Å². The molecule has 0 saturated heterocycles. The van der Waals surface area contributed by atoms with E-state index in [1.807, 2.05) is 6.92 Å². The minimum absolute atomic E-state index is 0.0562. The first-order valence-electron chi connectivity index (χ1n) is 8.33. The minimum atomic E-state index is -0.576. The fourth-order valence-corrected chi connectivity index (χ4v) is 3.12. The zero-order valence-electron chi connectivity index (χ0n) is 15.5. The summed E-state index contributed by atoms with van der Waals surface area (Å²) >= 11 is 0. The number of nitrogens with two attached hydrogens (primary N) is 1. The number of hydrogen-bond acceptors (Lipinski definition) is 4. The number of hydrogen-bond donors (Lipinski definition) is 1. The SMILES string of the molecule is CCC(Cc1c(C(N)=O)cc(OC)c(OC)c1OC)c1ccc(F)cc1. The Hall–Kier alpha value is -2.76. The summed E-state index contributed by atoms with van der Waals surface area (Å²) in [7, 11) is 4.49. The van der Waals surface area contributed by atoms with Gasteiger partial charge < -0.3 is 19.9 Å². The molecule has 0 fully saturated rings. The highest BCUT2D eigenvalue weighted by atomic mass is 19.1. The van der Waals surface area contributed by atoms with Gasteiger partial charge in [0.2, 0.25) is 11.7 Å². The molecule has 0 spiro atoms. The van der Waals surface area contributed by atoms with E-state index in [0.717, 1.165) is 12.0 Å². The van der Waals surface area contributed by atoms with Crippen molar-refractivity contribution in [3.05, 3.63) is 52.8 Å². The van der Waals surface area contributed by atoms with Crippen LogP contribution in [0, 0.1) is 5.82 Å². The standard InChI is InChI=1S/C20H24FNO4/c1-5-12(13-6-8-14(21)9-7-13)10-15-16(20(22)23)11-17(24-2)19(26-4)18(15)25-3/h6-9,11-12H,5,10H2,1-4H3,(H2,22,23). The number of methoxy groups -OCH3 is 3. The smallest absolute Gasteiger partial charge is 0.249 e. The van der Waals surface area contributed by atoms with Crippen molar-refractivity contribution < 1.29 is 23.4 Å². The summed E-state index contributed by atoms with van der Waals surface area (Å²) in [6.07, 6.45) is 1.28. The van der Waals surface area contributed by atoms with Gasteiger partial charge in [0.1, 0.15) is 5.82 Å². The van der Waals surface area contributed by atoms with Gasteiger partial charge >= 0.3 is 0 Å². The van der Waals surface area contributed by atoms with E-state index in [2.05, 4.69) is 0 Å². The highest BCUT2D eigenvalue weighted by Crippen LogP contribution is 2.44. The van der Waals surface area contributed by atoms with Crippen molar-refractivity contribution in [2.24, 2.45) is 5.73 Å². The molecule has 2 rings (SSSR count). The number of carbonyl (C=O) groups is 1. The summed E-state index contributed by atoms with van der Waals surface area (Å²) in [6.45, 7) is 2.03. The second-order valence-electron chi connectivity index (χ2n) is 5.90. The average Bonchev–Trinajstić information content (AvgIpc) is 2.65. The van der Waals surface area contributed by atoms with Gasteiger partial charge in [0.15, 0.2) is 11.5 Å². The highest BCUT2D eigenvalue weighted by molar-refractivity contribution is 5.96. The van der Waals surface area contributed by atoms with Gasteiger partial charge in [0.25, 0.3) is 0 Å². The predicted molar refractivity (Wildman–Crippen MR) is 97.8 cm³/mol. The van der Waals surface area contributed by atoms with Crippen molar-refractivity contribution in [2.75, 3.05) is 21.3 Å². The zero-order valence-corrected chi connectivity index (χ0v) is 15.5. The molecule has 140 valence electrons. The molecule has 0 aliphatic rings. The summed E-state index contributed by atoms with van der Waals surface area (Å²) in [4.78, 5) is 12.0. The van der Waals surface area contributed by atoms with E-state index in [0.29, 0.717) is 34.8 Å². The lowest BCUT2D eigenvalue weighted by molar-refractivity contribution is 0.0998. The number of primary amides is 1. The molecule has 2 N–H and O–H groups in total. The van der Waals surface area contributed by atoms with Gasteiger partial charge in [-0.3, -0.25) is 4.79 Å². The Morgan fingerprint density at radius 2 is 1.69 bits per heavy atom. The van der Waals surface area contributed by atoms with Crippen molar-refractivity contribution in [3.8, 4) is 17.2 Å². The normalized spacial score (nSPS) is 11.7. The Kier molecular flexibility index (Phi) is 6.44. The number of benzene rings is 2. The van der Waals surface area contributed by atoms with E-state index >= 15 is 0 Å². The van der Waals surface area contributed by atoms with Crippen LogP contribution < -0.4 is 19.9 Å². The van der Waals surface area contributed by atoms with Gasteiger partial charge in [-0.2, -0.15) is 0 Å². The maximum absolute atomic E-state index is 13.2. The van der Waals surface area contributed by atoms with Gasteiger partial charge in [-0.1, -0.05) is 19.1 Å². The quantitative estimate of drug-likeness (QED) is 0.778. The molecule has 0 radical (unpaired) electrons. The lowest BCUT2D eigenvalue weighted by Crippen LogP contribution is -2.17. The Labute approximate surface area is 152 Å². The molecule has 1 unspecified atom stereocenters. The third-order valence-electron chi connectivity index (χ3n) is 4.48. The molecule has 0 heterocycles. The Morgan fingerprint density at radius 3 is 2.15 bits per heavy atom. The number of carbonyl (C=O) groups excluding carboxylic acids is 1. The first kappa shape index (κ1) is 19.6. The lowest BCUT2D eigenvalue weighted by Gasteiger charge is -2.22. The molecule has 0 saturated carbocycles. The molecule has 26 heavy (non-hydrogen) atoms. The van der Waals surface area contributed by atoms with E-state index < -0.39 is 5.91 Å². The van der Waals surface area contributed by atoms with Crippen LogP contribution in [0.25, 0.3) is 0 Å². The van der Waals surface area contributed by atoms with Crippen LogP contribution in [-0.2, 0) is 6.42 Å². The van der Waals surface area contributed by atoms with E-state index in [-0.39, 0.29) is 11.7 Å². The van der Waals surface area contributed by atoms with Crippen molar-refractivity contribution in [3.63, 3.8) is 0 Å². The fraction of sp³-hybridized carbons (Fsp3) is 0.350. The van der Waals surface area contributed by atoms with Crippen molar-refractivity contribution in [1.29, 1.82) is 0 Å². The second-order valence-corrected chi connectivity index (χ2v) is 5.90. The first-order valence-corrected chi connectivity index (χ1v) is 8.33.